The molecule has 0 aromatic carbocycles. The molecular formula is C9H9IN2S. The number of aromatic nitrogens is 2. The van der Waals surface area contributed by atoms with E-state index in [-0.39, 0.29) is 0 Å². The first-order valence-corrected chi connectivity index (χ1v) is 5.82. The van der Waals surface area contributed by atoms with E-state index in [0.29, 0.717) is 0 Å². The van der Waals surface area contributed by atoms with Crippen LogP contribution < -0.4 is 0 Å². The van der Waals surface area contributed by atoms with Gasteiger partial charge < -0.3 is 4.57 Å². The smallest absolute Gasteiger partial charge is 0.171 e. The van der Waals surface area contributed by atoms with Gasteiger partial charge >= 0.3 is 0 Å². The predicted octanol–water partition coefficient (Wildman–Crippen LogP) is 3.06. The zero-order valence-electron chi connectivity index (χ0n) is 7.41. The van der Waals surface area contributed by atoms with Crippen LogP contribution in [0.3, 0.4) is 0 Å². The molecule has 2 heterocycles. The van der Waals surface area contributed by atoms with E-state index in [1.54, 1.807) is 11.3 Å². The van der Waals surface area contributed by atoms with Crippen molar-refractivity contribution in [2.75, 3.05) is 0 Å². The molecule has 0 spiro atoms. The lowest BCUT2D eigenvalue weighted by molar-refractivity contribution is 0.877. The molecule has 13 heavy (non-hydrogen) atoms. The summed E-state index contributed by atoms with van der Waals surface area (Å²) >= 11 is 4.02. The second-order valence-corrected chi connectivity index (χ2v) is 5.17. The summed E-state index contributed by atoms with van der Waals surface area (Å²) in [6.07, 6.45) is 2.06. The number of imidazole rings is 1. The van der Waals surface area contributed by atoms with Gasteiger partial charge in [-0.1, -0.05) is 0 Å². The average molecular weight is 304 g/mol. The average Bonchev–Trinajstić information content (AvgIpc) is 2.61. The molecule has 4 heteroatoms. The van der Waals surface area contributed by atoms with Gasteiger partial charge in [0.2, 0.25) is 0 Å². The fourth-order valence-electron chi connectivity index (χ4n) is 1.13. The second kappa shape index (κ2) is 3.42. The Labute approximate surface area is 94.8 Å². The molecule has 2 aromatic rings. The van der Waals surface area contributed by atoms with Crippen LogP contribution in [0.5, 0.6) is 0 Å². The third kappa shape index (κ3) is 1.78. The summed E-state index contributed by atoms with van der Waals surface area (Å²) in [5, 5.41) is 0. The highest BCUT2D eigenvalue weighted by atomic mass is 127. The Hall–Kier alpha value is -0.360. The third-order valence-corrected chi connectivity index (χ3v) is 3.84. The second-order valence-electron chi connectivity index (χ2n) is 2.92. The van der Waals surface area contributed by atoms with Crippen LogP contribution in [0.4, 0.5) is 0 Å². The summed E-state index contributed by atoms with van der Waals surface area (Å²) in [6.45, 7) is 2.11. The lowest BCUT2D eigenvalue weighted by atomic mass is 10.4. The number of halogens is 1. The monoisotopic (exact) mass is 304 g/mol. The van der Waals surface area contributed by atoms with Crippen LogP contribution >= 0.6 is 33.9 Å². The Bertz CT molecular complexity index is 411. The van der Waals surface area contributed by atoms with Crippen molar-refractivity contribution < 1.29 is 0 Å². The first-order chi connectivity index (χ1) is 6.16. The van der Waals surface area contributed by atoms with Crippen LogP contribution in [0.15, 0.2) is 18.3 Å². The van der Waals surface area contributed by atoms with Gasteiger partial charge in [-0.2, -0.15) is 0 Å². The van der Waals surface area contributed by atoms with Gasteiger partial charge in [0.25, 0.3) is 0 Å². The van der Waals surface area contributed by atoms with Crippen molar-refractivity contribution in [3.05, 3.63) is 27.0 Å². The Kier molecular flexibility index (Phi) is 2.42. The van der Waals surface area contributed by atoms with Gasteiger partial charge in [-0.05, 0) is 41.6 Å². The van der Waals surface area contributed by atoms with Crippen molar-refractivity contribution in [1.29, 1.82) is 0 Å². The van der Waals surface area contributed by atoms with Gasteiger partial charge in [0, 0.05) is 18.1 Å². The van der Waals surface area contributed by atoms with Crippen molar-refractivity contribution in [1.82, 2.24) is 9.55 Å². The molecule has 0 amide bonds. The van der Waals surface area contributed by atoms with Gasteiger partial charge in [-0.25, -0.2) is 4.98 Å². The molecule has 0 saturated heterocycles. The van der Waals surface area contributed by atoms with Gasteiger partial charge in [0.15, 0.2) is 3.83 Å². The number of hydrogen-bond donors (Lipinski definition) is 0. The highest BCUT2D eigenvalue weighted by Gasteiger charge is 2.06. The molecule has 0 aliphatic rings. The number of nitrogens with zero attached hydrogens (tertiary/aromatic N) is 2. The third-order valence-electron chi connectivity index (χ3n) is 1.81. The Morgan fingerprint density at radius 1 is 1.46 bits per heavy atom. The number of aryl methyl sites for hydroxylation is 2. The summed E-state index contributed by atoms with van der Waals surface area (Å²) < 4.78 is 3.06. The molecule has 0 aliphatic carbocycles. The highest BCUT2D eigenvalue weighted by molar-refractivity contribution is 14.1. The van der Waals surface area contributed by atoms with Crippen LogP contribution in [0.1, 0.15) is 4.88 Å². The topological polar surface area (TPSA) is 17.8 Å². The largest absolute Gasteiger partial charge is 0.329 e. The van der Waals surface area contributed by atoms with Crippen LogP contribution in [-0.4, -0.2) is 9.55 Å². The molecule has 2 rings (SSSR count). The summed E-state index contributed by atoms with van der Waals surface area (Å²) in [6, 6.07) is 4.25. The quantitative estimate of drug-likeness (QED) is 0.740. The van der Waals surface area contributed by atoms with Crippen LogP contribution in [-0.2, 0) is 7.05 Å². The fourth-order valence-corrected chi connectivity index (χ4v) is 2.36. The van der Waals surface area contributed by atoms with E-state index in [9.17, 15) is 0 Å². The summed E-state index contributed by atoms with van der Waals surface area (Å²) in [7, 11) is 2.01. The van der Waals surface area contributed by atoms with Crippen molar-refractivity contribution in [2.45, 2.75) is 6.92 Å². The van der Waals surface area contributed by atoms with E-state index in [2.05, 4.69) is 52.8 Å². The first-order valence-electron chi connectivity index (χ1n) is 3.92. The first kappa shape index (κ1) is 9.21. The van der Waals surface area contributed by atoms with Crippen molar-refractivity contribution in [2.24, 2.45) is 7.05 Å². The minimum absolute atomic E-state index is 1.03. The molecular weight excluding hydrogens is 295 g/mol. The van der Waals surface area contributed by atoms with Crippen molar-refractivity contribution >= 4 is 33.9 Å². The van der Waals surface area contributed by atoms with E-state index in [1.165, 1.54) is 9.75 Å². The predicted molar refractivity (Wildman–Crippen MR) is 64.0 cm³/mol. The van der Waals surface area contributed by atoms with Gasteiger partial charge in [0.05, 0.1) is 10.6 Å². The molecule has 0 aliphatic heterocycles. The summed E-state index contributed by atoms with van der Waals surface area (Å²) in [5.41, 5.74) is 1.07. The Morgan fingerprint density at radius 2 is 2.23 bits per heavy atom. The normalized spacial score (nSPS) is 10.7. The maximum absolute atomic E-state index is 4.45. The Balaban J connectivity index is 2.46. The van der Waals surface area contributed by atoms with E-state index < -0.39 is 0 Å². The number of hydrogen-bond acceptors (Lipinski definition) is 2. The van der Waals surface area contributed by atoms with Crippen LogP contribution in [0.25, 0.3) is 10.6 Å². The molecule has 0 unspecified atom stereocenters. The molecule has 0 N–H and O–H groups in total. The molecule has 0 saturated carbocycles. The maximum atomic E-state index is 4.45. The van der Waals surface area contributed by atoms with E-state index in [4.69, 9.17) is 0 Å². The minimum Gasteiger partial charge on any atom is -0.329 e. The zero-order chi connectivity index (χ0) is 9.42. The molecule has 0 atom stereocenters. The SMILES string of the molecule is Cc1ccc(-c2cn(C)c(I)n2)s1. The van der Waals surface area contributed by atoms with Crippen LogP contribution in [0.2, 0.25) is 0 Å². The summed E-state index contributed by atoms with van der Waals surface area (Å²) in [5.74, 6) is 0. The number of thiophene rings is 1. The van der Waals surface area contributed by atoms with E-state index >= 15 is 0 Å². The Morgan fingerprint density at radius 3 is 2.69 bits per heavy atom. The standard InChI is InChI=1S/C9H9IN2S/c1-6-3-4-8(13-6)7-5-12(2)9(10)11-7/h3-5H,1-2H3. The lowest BCUT2D eigenvalue weighted by Gasteiger charge is -1.86. The van der Waals surface area contributed by atoms with Gasteiger partial charge in [-0.3, -0.25) is 0 Å². The molecule has 0 fully saturated rings. The minimum atomic E-state index is 1.03. The van der Waals surface area contributed by atoms with Crippen LogP contribution in [0, 0.1) is 10.8 Å². The van der Waals surface area contributed by atoms with Gasteiger partial charge in [0.1, 0.15) is 0 Å². The summed E-state index contributed by atoms with van der Waals surface area (Å²) in [4.78, 5) is 7.03. The van der Waals surface area contributed by atoms with E-state index in [0.717, 1.165) is 9.53 Å². The molecule has 2 nitrogen and oxygen atoms in total. The number of rotatable bonds is 1. The van der Waals surface area contributed by atoms with Crippen molar-refractivity contribution in [3.8, 4) is 10.6 Å². The molecule has 68 valence electrons. The molecule has 2 aromatic heterocycles. The maximum Gasteiger partial charge on any atom is 0.171 e. The molecule has 0 radical (unpaired) electrons. The zero-order valence-corrected chi connectivity index (χ0v) is 10.4. The lowest BCUT2D eigenvalue weighted by Crippen LogP contribution is -1.86. The van der Waals surface area contributed by atoms with E-state index in [1.807, 2.05) is 11.6 Å². The van der Waals surface area contributed by atoms with Gasteiger partial charge in [-0.15, -0.1) is 11.3 Å². The fraction of sp³-hybridized carbons (Fsp3) is 0.222. The van der Waals surface area contributed by atoms with Crippen molar-refractivity contribution in [3.63, 3.8) is 0 Å². The highest BCUT2D eigenvalue weighted by Crippen LogP contribution is 2.26. The molecule has 0 bridgehead atoms.